The SMILES string of the molecule is COCCOc1ccc2c(c1)c(C(C)=O)nn2CC(=O)N1[C@@H]2C[C@@H]2C[C@H]1C(=O)Cc1cccc(OC(F)(F)F)c1F. The lowest BCUT2D eigenvalue weighted by atomic mass is 9.99. The Morgan fingerprint density at radius 2 is 1.88 bits per heavy atom. The van der Waals surface area contributed by atoms with Gasteiger partial charge in [0.15, 0.2) is 23.1 Å². The Morgan fingerprint density at radius 1 is 1.10 bits per heavy atom. The number of ketones is 2. The first-order chi connectivity index (χ1) is 19.5. The van der Waals surface area contributed by atoms with Crippen LogP contribution in [0.15, 0.2) is 36.4 Å². The summed E-state index contributed by atoms with van der Waals surface area (Å²) in [5.41, 5.74) is 0.442. The van der Waals surface area contributed by atoms with E-state index in [2.05, 4.69) is 9.84 Å². The number of piperidine rings is 1. The van der Waals surface area contributed by atoms with Crippen LogP contribution in [0.5, 0.6) is 11.5 Å². The number of alkyl halides is 3. The van der Waals surface area contributed by atoms with E-state index in [1.54, 1.807) is 25.3 Å². The van der Waals surface area contributed by atoms with Crippen molar-refractivity contribution in [1.29, 1.82) is 0 Å². The highest BCUT2D eigenvalue weighted by Crippen LogP contribution is 2.48. The molecule has 1 aliphatic heterocycles. The Balaban J connectivity index is 1.34. The Hall–Kier alpha value is -4.00. The topological polar surface area (TPSA) is 100.0 Å². The van der Waals surface area contributed by atoms with Crippen LogP contribution >= 0.6 is 0 Å². The van der Waals surface area contributed by atoms with Crippen molar-refractivity contribution in [3.63, 3.8) is 0 Å². The van der Waals surface area contributed by atoms with Crippen LogP contribution in [0.4, 0.5) is 17.6 Å². The van der Waals surface area contributed by atoms with E-state index < -0.39 is 42.1 Å². The van der Waals surface area contributed by atoms with Gasteiger partial charge in [-0.3, -0.25) is 19.1 Å². The molecule has 1 saturated carbocycles. The van der Waals surface area contributed by atoms with Crippen LogP contribution < -0.4 is 9.47 Å². The van der Waals surface area contributed by atoms with Gasteiger partial charge in [-0.15, -0.1) is 13.2 Å². The first kappa shape index (κ1) is 28.5. The maximum Gasteiger partial charge on any atom is 0.573 e. The van der Waals surface area contributed by atoms with Crippen molar-refractivity contribution in [3.05, 3.63) is 53.5 Å². The van der Waals surface area contributed by atoms with Crippen LogP contribution in [-0.2, 0) is 27.3 Å². The third-order valence-corrected chi connectivity index (χ3v) is 7.29. The number of fused-ring (bicyclic) bond motifs is 2. The molecule has 0 N–H and O–H groups in total. The molecule has 0 radical (unpaired) electrons. The molecule has 0 unspecified atom stereocenters. The fourth-order valence-corrected chi connectivity index (χ4v) is 5.39. The average molecular weight is 578 g/mol. The number of halogens is 4. The van der Waals surface area contributed by atoms with Gasteiger partial charge in [0.05, 0.1) is 18.2 Å². The Labute approximate surface area is 231 Å². The van der Waals surface area contributed by atoms with Gasteiger partial charge in [-0.2, -0.15) is 5.10 Å². The van der Waals surface area contributed by atoms with Gasteiger partial charge in [0.2, 0.25) is 5.91 Å². The van der Waals surface area contributed by atoms with Crippen LogP contribution in [0.2, 0.25) is 0 Å². The minimum atomic E-state index is -5.09. The van der Waals surface area contributed by atoms with Gasteiger partial charge < -0.3 is 19.1 Å². The van der Waals surface area contributed by atoms with Crippen LogP contribution in [-0.4, -0.2) is 70.9 Å². The Bertz CT molecular complexity index is 1500. The second-order valence-corrected chi connectivity index (χ2v) is 10.1. The van der Waals surface area contributed by atoms with Crippen molar-refractivity contribution in [2.75, 3.05) is 20.3 Å². The maximum atomic E-state index is 14.7. The maximum absolute atomic E-state index is 14.7. The van der Waals surface area contributed by atoms with Gasteiger partial charge in [-0.05, 0) is 48.6 Å². The summed E-state index contributed by atoms with van der Waals surface area (Å²) in [6.07, 6.45) is -4.48. The number of amides is 1. The number of likely N-dealkylation sites (tertiary alicyclic amines) is 1. The van der Waals surface area contributed by atoms with E-state index >= 15 is 0 Å². The second-order valence-electron chi connectivity index (χ2n) is 10.1. The molecule has 1 aromatic heterocycles. The molecule has 3 aromatic rings. The van der Waals surface area contributed by atoms with Crippen molar-refractivity contribution in [3.8, 4) is 11.5 Å². The lowest BCUT2D eigenvalue weighted by Gasteiger charge is -2.27. The highest BCUT2D eigenvalue weighted by atomic mass is 19.4. The summed E-state index contributed by atoms with van der Waals surface area (Å²) < 4.78 is 68.3. The average Bonchev–Trinajstić information content (AvgIpc) is 3.41. The van der Waals surface area contributed by atoms with Crippen LogP contribution in [0.3, 0.4) is 0 Å². The number of rotatable bonds is 11. The van der Waals surface area contributed by atoms with Crippen molar-refractivity contribution in [2.24, 2.45) is 5.92 Å². The highest BCUT2D eigenvalue weighted by Gasteiger charge is 2.55. The van der Waals surface area contributed by atoms with Gasteiger partial charge in [0, 0.05) is 31.9 Å². The minimum Gasteiger partial charge on any atom is -0.491 e. The molecule has 1 saturated heterocycles. The second kappa shape index (κ2) is 11.1. The molecule has 13 heteroatoms. The standard InChI is InChI=1S/C28H27F4N3O6/c1-15(36)27-19-13-18(40-9-8-39-2)6-7-20(19)34(33-27)14-25(38)35-21-10-17(21)11-22(35)23(37)12-16-4-3-5-24(26(16)29)41-28(30,31)32/h3-7,13,17,21-22H,8-12,14H2,1-2H3/t17-,21-,22+/m1/s1. The number of methoxy groups -OCH3 is 1. The number of benzene rings is 2. The molecular formula is C28H27F4N3O6. The third kappa shape index (κ3) is 6.04. The third-order valence-electron chi connectivity index (χ3n) is 7.29. The number of hydrogen-bond acceptors (Lipinski definition) is 7. The van der Waals surface area contributed by atoms with Crippen molar-refractivity contribution in [2.45, 2.75) is 51.2 Å². The molecule has 218 valence electrons. The molecule has 1 aliphatic carbocycles. The van der Waals surface area contributed by atoms with Crippen LogP contribution in [0.1, 0.15) is 35.8 Å². The van der Waals surface area contributed by atoms with Crippen molar-refractivity contribution < 1.29 is 46.2 Å². The van der Waals surface area contributed by atoms with Crippen LogP contribution in [0.25, 0.3) is 10.9 Å². The van der Waals surface area contributed by atoms with Crippen LogP contribution in [0, 0.1) is 11.7 Å². The lowest BCUT2D eigenvalue weighted by Crippen LogP contribution is -2.45. The first-order valence-corrected chi connectivity index (χ1v) is 13.0. The van der Waals surface area contributed by atoms with Crippen molar-refractivity contribution in [1.82, 2.24) is 14.7 Å². The fraction of sp³-hybridized carbons (Fsp3) is 0.429. The van der Waals surface area contributed by atoms with E-state index in [-0.39, 0.29) is 35.5 Å². The summed E-state index contributed by atoms with van der Waals surface area (Å²) in [4.78, 5) is 40.6. The van der Waals surface area contributed by atoms with E-state index in [1.165, 1.54) is 28.6 Å². The first-order valence-electron chi connectivity index (χ1n) is 13.0. The van der Waals surface area contributed by atoms with E-state index in [9.17, 15) is 31.9 Å². The number of carbonyl (C=O) groups excluding carboxylic acids is 3. The molecule has 2 aliphatic rings. The molecule has 0 spiro atoms. The number of hydrogen-bond donors (Lipinski definition) is 0. The molecule has 2 heterocycles. The van der Waals surface area contributed by atoms with E-state index in [0.29, 0.717) is 36.3 Å². The molecule has 5 rings (SSSR count). The lowest BCUT2D eigenvalue weighted by molar-refractivity contribution is -0.275. The molecule has 2 aromatic carbocycles. The number of ether oxygens (including phenoxy) is 3. The summed E-state index contributed by atoms with van der Waals surface area (Å²) in [5.74, 6) is -2.86. The largest absolute Gasteiger partial charge is 0.573 e. The predicted molar refractivity (Wildman–Crippen MR) is 136 cm³/mol. The van der Waals surface area contributed by atoms with Gasteiger partial charge in [0.25, 0.3) is 0 Å². The molecule has 2 fully saturated rings. The summed E-state index contributed by atoms with van der Waals surface area (Å²) in [6.45, 7) is 1.80. The summed E-state index contributed by atoms with van der Waals surface area (Å²) >= 11 is 0. The number of nitrogens with zero attached hydrogens (tertiary/aromatic N) is 3. The number of carbonyl (C=O) groups is 3. The number of aromatic nitrogens is 2. The molecule has 9 nitrogen and oxygen atoms in total. The predicted octanol–water partition coefficient (Wildman–Crippen LogP) is 4.10. The quantitative estimate of drug-likeness (QED) is 0.192. The minimum absolute atomic E-state index is 0.117. The summed E-state index contributed by atoms with van der Waals surface area (Å²) in [5, 5.41) is 4.87. The fourth-order valence-electron chi connectivity index (χ4n) is 5.39. The summed E-state index contributed by atoms with van der Waals surface area (Å²) in [7, 11) is 1.55. The van der Waals surface area contributed by atoms with Gasteiger partial charge in [-0.1, -0.05) is 12.1 Å². The Morgan fingerprint density at radius 3 is 2.59 bits per heavy atom. The van der Waals surface area contributed by atoms with E-state index in [0.717, 1.165) is 12.5 Å². The zero-order valence-corrected chi connectivity index (χ0v) is 22.2. The zero-order valence-electron chi connectivity index (χ0n) is 22.2. The summed E-state index contributed by atoms with van der Waals surface area (Å²) in [6, 6.07) is 7.25. The van der Waals surface area contributed by atoms with Crippen molar-refractivity contribution >= 4 is 28.4 Å². The van der Waals surface area contributed by atoms with Gasteiger partial charge in [0.1, 0.15) is 24.6 Å². The zero-order chi connectivity index (χ0) is 29.5. The number of Topliss-reactive ketones (excluding diaryl/α,β-unsaturated/α-hetero) is 2. The molecule has 3 atom stereocenters. The van der Waals surface area contributed by atoms with Gasteiger partial charge in [-0.25, -0.2) is 4.39 Å². The van der Waals surface area contributed by atoms with E-state index in [1.807, 2.05) is 0 Å². The normalized spacial score (nSPS) is 19.8. The van der Waals surface area contributed by atoms with Gasteiger partial charge >= 0.3 is 6.36 Å². The molecule has 0 bridgehead atoms. The molecule has 1 amide bonds. The smallest absolute Gasteiger partial charge is 0.491 e. The molecule has 41 heavy (non-hydrogen) atoms. The Kier molecular flexibility index (Phi) is 7.73. The highest BCUT2D eigenvalue weighted by molar-refractivity contribution is 6.05. The van der Waals surface area contributed by atoms with E-state index in [4.69, 9.17) is 9.47 Å². The monoisotopic (exact) mass is 577 g/mol. The molecular weight excluding hydrogens is 550 g/mol.